The van der Waals surface area contributed by atoms with Crippen molar-refractivity contribution in [2.45, 2.75) is 51.4 Å². The molecule has 1 fully saturated rings. The third-order valence-corrected chi connectivity index (χ3v) is 3.58. The van der Waals surface area contributed by atoms with Gasteiger partial charge in [0.25, 0.3) is 0 Å². The van der Waals surface area contributed by atoms with Crippen molar-refractivity contribution in [1.82, 2.24) is 4.98 Å². The molecule has 2 rings (SSSR count). The Kier molecular flexibility index (Phi) is 3.77. The van der Waals surface area contributed by atoms with Crippen LogP contribution in [0, 0.1) is 0 Å². The highest BCUT2D eigenvalue weighted by atomic mass is 16.4. The second-order valence-corrected chi connectivity index (χ2v) is 4.72. The molecule has 92 valence electrons. The van der Waals surface area contributed by atoms with Gasteiger partial charge in [-0.1, -0.05) is 26.2 Å². The van der Waals surface area contributed by atoms with Crippen molar-refractivity contribution in [3.63, 3.8) is 0 Å². The molecule has 3 nitrogen and oxygen atoms in total. The largest absolute Gasteiger partial charge is 0.478 e. The minimum absolute atomic E-state index is 0.354. The van der Waals surface area contributed by atoms with Crippen LogP contribution in [0.15, 0.2) is 12.1 Å². The van der Waals surface area contributed by atoms with Crippen LogP contribution in [0.4, 0.5) is 0 Å². The zero-order chi connectivity index (χ0) is 12.3. The first-order valence-corrected chi connectivity index (χ1v) is 6.45. The van der Waals surface area contributed by atoms with Gasteiger partial charge in [0.1, 0.15) is 0 Å². The lowest BCUT2D eigenvalue weighted by molar-refractivity contribution is 0.0695. The normalized spacial score (nSPS) is 17.0. The van der Waals surface area contributed by atoms with Gasteiger partial charge in [-0.15, -0.1) is 0 Å². The lowest BCUT2D eigenvalue weighted by atomic mass is 9.86. The van der Waals surface area contributed by atoms with Gasteiger partial charge in [0.2, 0.25) is 0 Å². The second-order valence-electron chi connectivity index (χ2n) is 4.72. The fourth-order valence-electron chi connectivity index (χ4n) is 2.61. The summed E-state index contributed by atoms with van der Waals surface area (Å²) in [7, 11) is 0. The molecule has 0 aromatic carbocycles. The van der Waals surface area contributed by atoms with E-state index in [0.717, 1.165) is 11.4 Å². The summed E-state index contributed by atoms with van der Waals surface area (Å²) in [5, 5.41) is 9.06. The summed E-state index contributed by atoms with van der Waals surface area (Å²) in [4.78, 5) is 15.6. The number of aromatic carboxylic acids is 1. The number of hydrogen-bond donors (Lipinski definition) is 1. The second kappa shape index (κ2) is 5.30. The van der Waals surface area contributed by atoms with Crippen LogP contribution in [0.25, 0.3) is 0 Å². The molecule has 0 bridgehead atoms. The Morgan fingerprint density at radius 1 is 1.35 bits per heavy atom. The number of carboxylic acids is 1. The first-order chi connectivity index (χ1) is 8.22. The van der Waals surface area contributed by atoms with E-state index in [9.17, 15) is 4.79 Å². The fraction of sp³-hybridized carbons (Fsp3) is 0.571. The number of carboxylic acid groups (broad SMARTS) is 1. The number of rotatable bonds is 3. The molecular formula is C14H19NO2. The molecule has 1 N–H and O–H groups in total. The molecule has 3 heteroatoms. The summed E-state index contributed by atoms with van der Waals surface area (Å²) in [5.41, 5.74) is 2.17. The van der Waals surface area contributed by atoms with Crippen molar-refractivity contribution in [3.05, 3.63) is 29.1 Å². The van der Waals surface area contributed by atoms with Crippen molar-refractivity contribution >= 4 is 5.97 Å². The van der Waals surface area contributed by atoms with Crippen LogP contribution in [0.1, 0.15) is 66.7 Å². The average molecular weight is 233 g/mol. The highest BCUT2D eigenvalue weighted by molar-refractivity contribution is 5.88. The molecule has 0 aliphatic heterocycles. The van der Waals surface area contributed by atoms with Crippen molar-refractivity contribution < 1.29 is 9.90 Å². The van der Waals surface area contributed by atoms with Crippen LogP contribution in [0.2, 0.25) is 0 Å². The molecule has 17 heavy (non-hydrogen) atoms. The summed E-state index contributed by atoms with van der Waals surface area (Å²) in [6, 6.07) is 3.62. The number of pyridine rings is 1. The van der Waals surface area contributed by atoms with Crippen LogP contribution >= 0.6 is 0 Å². The quantitative estimate of drug-likeness (QED) is 0.870. The molecule has 0 spiro atoms. The Hall–Kier alpha value is -1.38. The zero-order valence-corrected chi connectivity index (χ0v) is 10.3. The van der Waals surface area contributed by atoms with Gasteiger partial charge in [-0.05, 0) is 31.4 Å². The summed E-state index contributed by atoms with van der Waals surface area (Å²) in [5.74, 6) is -0.332. The van der Waals surface area contributed by atoms with Crippen LogP contribution in [0.3, 0.4) is 0 Å². The van der Waals surface area contributed by atoms with Crippen molar-refractivity contribution in [3.8, 4) is 0 Å². The van der Waals surface area contributed by atoms with Gasteiger partial charge in [-0.25, -0.2) is 4.79 Å². The van der Waals surface area contributed by atoms with E-state index in [2.05, 4.69) is 4.98 Å². The highest BCUT2D eigenvalue weighted by Crippen LogP contribution is 2.31. The van der Waals surface area contributed by atoms with E-state index in [0.29, 0.717) is 17.9 Å². The molecule has 0 atom stereocenters. The molecule has 1 aliphatic carbocycles. The van der Waals surface area contributed by atoms with E-state index in [1.807, 2.05) is 13.0 Å². The Bertz CT molecular complexity index is 409. The molecule has 0 amide bonds. The lowest BCUT2D eigenvalue weighted by Crippen LogP contribution is -2.11. The van der Waals surface area contributed by atoms with Crippen LogP contribution in [-0.4, -0.2) is 16.1 Å². The number of nitrogens with zero attached hydrogens (tertiary/aromatic N) is 1. The molecule has 1 aliphatic rings. The summed E-state index contributed by atoms with van der Waals surface area (Å²) < 4.78 is 0. The number of aryl methyl sites for hydroxylation is 1. The molecule has 0 saturated heterocycles. The first kappa shape index (κ1) is 12.1. The van der Waals surface area contributed by atoms with Crippen molar-refractivity contribution in [2.24, 2.45) is 0 Å². The fourth-order valence-corrected chi connectivity index (χ4v) is 2.61. The van der Waals surface area contributed by atoms with E-state index >= 15 is 0 Å². The SMILES string of the molecule is CCc1nc(C2CCCCC2)ccc1C(=O)O. The molecule has 1 saturated carbocycles. The predicted octanol–water partition coefficient (Wildman–Crippen LogP) is 3.39. The average Bonchev–Trinajstić information content (AvgIpc) is 2.39. The van der Waals surface area contributed by atoms with Crippen molar-refractivity contribution in [1.29, 1.82) is 0 Å². The minimum Gasteiger partial charge on any atom is -0.478 e. The number of carbonyl (C=O) groups is 1. The zero-order valence-electron chi connectivity index (χ0n) is 10.3. The predicted molar refractivity (Wildman–Crippen MR) is 66.4 cm³/mol. The van der Waals surface area contributed by atoms with E-state index in [1.165, 1.54) is 32.1 Å². The Morgan fingerprint density at radius 3 is 2.65 bits per heavy atom. The Balaban J connectivity index is 2.27. The highest BCUT2D eigenvalue weighted by Gasteiger charge is 2.19. The van der Waals surface area contributed by atoms with Crippen LogP contribution in [-0.2, 0) is 6.42 Å². The van der Waals surface area contributed by atoms with Gasteiger partial charge in [0.15, 0.2) is 0 Å². The maximum absolute atomic E-state index is 11.0. The standard InChI is InChI=1S/C14H19NO2/c1-2-12-11(14(16)17)8-9-13(15-12)10-6-4-3-5-7-10/h8-10H,2-7H2,1H3,(H,16,17). The van der Waals surface area contributed by atoms with E-state index in [-0.39, 0.29) is 0 Å². The van der Waals surface area contributed by atoms with Gasteiger partial charge in [0.05, 0.1) is 11.3 Å². The third kappa shape index (κ3) is 2.65. The monoisotopic (exact) mass is 233 g/mol. The van der Waals surface area contributed by atoms with Gasteiger partial charge >= 0.3 is 5.97 Å². The minimum atomic E-state index is -0.871. The van der Waals surface area contributed by atoms with Gasteiger partial charge in [0, 0.05) is 11.6 Å². The Labute approximate surface area is 102 Å². The smallest absolute Gasteiger partial charge is 0.337 e. The molecule has 1 heterocycles. The maximum atomic E-state index is 11.0. The molecule has 1 aromatic heterocycles. The summed E-state index contributed by atoms with van der Waals surface area (Å²) >= 11 is 0. The number of aromatic nitrogens is 1. The van der Waals surface area contributed by atoms with Gasteiger partial charge in [-0.2, -0.15) is 0 Å². The molecule has 0 radical (unpaired) electrons. The maximum Gasteiger partial charge on any atom is 0.337 e. The third-order valence-electron chi connectivity index (χ3n) is 3.58. The summed E-state index contributed by atoms with van der Waals surface area (Å²) in [6.45, 7) is 1.96. The van der Waals surface area contributed by atoms with Crippen molar-refractivity contribution in [2.75, 3.05) is 0 Å². The molecule has 1 aromatic rings. The van der Waals surface area contributed by atoms with E-state index < -0.39 is 5.97 Å². The number of hydrogen-bond acceptors (Lipinski definition) is 2. The molecule has 0 unspecified atom stereocenters. The summed E-state index contributed by atoms with van der Waals surface area (Å²) in [6.07, 6.45) is 6.95. The van der Waals surface area contributed by atoms with Crippen LogP contribution < -0.4 is 0 Å². The first-order valence-electron chi connectivity index (χ1n) is 6.45. The van der Waals surface area contributed by atoms with Crippen LogP contribution in [0.5, 0.6) is 0 Å². The Morgan fingerprint density at radius 2 is 2.06 bits per heavy atom. The van der Waals surface area contributed by atoms with Gasteiger partial charge < -0.3 is 5.11 Å². The lowest BCUT2D eigenvalue weighted by Gasteiger charge is -2.21. The van der Waals surface area contributed by atoms with Gasteiger partial charge in [-0.3, -0.25) is 4.98 Å². The topological polar surface area (TPSA) is 50.2 Å². The van der Waals surface area contributed by atoms with E-state index in [4.69, 9.17) is 5.11 Å². The molecular weight excluding hydrogens is 214 g/mol. The van der Waals surface area contributed by atoms with E-state index in [1.54, 1.807) is 6.07 Å².